The zero-order chi connectivity index (χ0) is 22.0. The van der Waals surface area contributed by atoms with Crippen LogP contribution >= 0.6 is 0 Å². The molecule has 31 heavy (non-hydrogen) atoms. The molecule has 0 bridgehead atoms. The maximum atomic E-state index is 13.1. The lowest BCUT2D eigenvalue weighted by Crippen LogP contribution is -2.55. The van der Waals surface area contributed by atoms with Gasteiger partial charge >= 0.3 is 6.03 Å². The van der Waals surface area contributed by atoms with Gasteiger partial charge in [0.1, 0.15) is 17.1 Å². The Morgan fingerprint density at radius 1 is 1.06 bits per heavy atom. The Hall–Kier alpha value is -3.42. The van der Waals surface area contributed by atoms with Crippen molar-refractivity contribution < 1.29 is 23.5 Å². The highest BCUT2D eigenvalue weighted by Gasteiger charge is 2.52. The SMILES string of the molecule is CCOc1ccc(C(=O)N2CCC3(CC2)NC(=O)N(Cc2ccc(F)cc2)C3=O)cc1. The van der Waals surface area contributed by atoms with Gasteiger partial charge in [-0.05, 0) is 61.7 Å². The highest BCUT2D eigenvalue weighted by atomic mass is 19.1. The van der Waals surface area contributed by atoms with Crippen molar-refractivity contribution in [3.05, 3.63) is 65.5 Å². The lowest BCUT2D eigenvalue weighted by molar-refractivity contribution is -0.133. The summed E-state index contributed by atoms with van der Waals surface area (Å²) in [6.07, 6.45) is 0.695. The van der Waals surface area contributed by atoms with Gasteiger partial charge in [-0.1, -0.05) is 12.1 Å². The van der Waals surface area contributed by atoms with Crippen LogP contribution < -0.4 is 10.1 Å². The summed E-state index contributed by atoms with van der Waals surface area (Å²) in [7, 11) is 0. The first-order valence-corrected chi connectivity index (χ1v) is 10.3. The number of carbonyl (C=O) groups excluding carboxylic acids is 3. The van der Waals surface area contributed by atoms with E-state index in [9.17, 15) is 18.8 Å². The number of likely N-dealkylation sites (tertiary alicyclic amines) is 1. The Morgan fingerprint density at radius 2 is 1.71 bits per heavy atom. The molecule has 2 aliphatic heterocycles. The van der Waals surface area contributed by atoms with Crippen LogP contribution in [0.1, 0.15) is 35.7 Å². The van der Waals surface area contributed by atoms with Gasteiger partial charge in [-0.2, -0.15) is 0 Å². The molecular formula is C23H24FN3O4. The van der Waals surface area contributed by atoms with Gasteiger partial charge in [0.05, 0.1) is 13.2 Å². The molecule has 0 radical (unpaired) electrons. The minimum atomic E-state index is -0.993. The number of benzene rings is 2. The van der Waals surface area contributed by atoms with E-state index in [0.717, 1.165) is 4.90 Å². The van der Waals surface area contributed by atoms with Crippen molar-refractivity contribution in [3.63, 3.8) is 0 Å². The number of nitrogens with one attached hydrogen (secondary N) is 1. The largest absolute Gasteiger partial charge is 0.494 e. The molecule has 2 saturated heterocycles. The summed E-state index contributed by atoms with van der Waals surface area (Å²) in [6.45, 7) is 3.26. The molecule has 0 unspecified atom stereocenters. The minimum absolute atomic E-state index is 0.0848. The topological polar surface area (TPSA) is 79.0 Å². The first-order valence-electron chi connectivity index (χ1n) is 10.3. The number of piperidine rings is 1. The molecule has 2 aromatic rings. The molecule has 0 saturated carbocycles. The van der Waals surface area contributed by atoms with Gasteiger partial charge in [-0.15, -0.1) is 0 Å². The number of rotatable bonds is 5. The first kappa shape index (κ1) is 20.8. The molecule has 2 aromatic carbocycles. The molecular weight excluding hydrogens is 401 g/mol. The third-order valence-electron chi connectivity index (χ3n) is 5.82. The summed E-state index contributed by atoms with van der Waals surface area (Å²) < 4.78 is 18.5. The number of amides is 4. The van der Waals surface area contributed by atoms with Crippen molar-refractivity contribution in [2.75, 3.05) is 19.7 Å². The Kier molecular flexibility index (Phi) is 5.63. The van der Waals surface area contributed by atoms with Gasteiger partial charge in [-0.25, -0.2) is 9.18 Å². The molecule has 2 heterocycles. The van der Waals surface area contributed by atoms with E-state index in [0.29, 0.717) is 49.4 Å². The molecule has 4 amide bonds. The molecule has 2 fully saturated rings. The predicted octanol–water partition coefficient (Wildman–Crippen LogP) is 2.95. The third kappa shape index (κ3) is 4.10. The number of hydrogen-bond acceptors (Lipinski definition) is 4. The van der Waals surface area contributed by atoms with Crippen LogP contribution in [0, 0.1) is 5.82 Å². The number of urea groups is 1. The van der Waals surface area contributed by atoms with E-state index in [1.807, 2.05) is 6.92 Å². The average Bonchev–Trinajstić information content (AvgIpc) is 3.00. The van der Waals surface area contributed by atoms with E-state index in [4.69, 9.17) is 4.74 Å². The number of imide groups is 1. The van der Waals surface area contributed by atoms with Crippen molar-refractivity contribution in [2.45, 2.75) is 31.8 Å². The van der Waals surface area contributed by atoms with E-state index in [1.54, 1.807) is 41.3 Å². The fourth-order valence-electron chi connectivity index (χ4n) is 4.07. The highest BCUT2D eigenvalue weighted by Crippen LogP contribution is 2.31. The van der Waals surface area contributed by atoms with E-state index in [2.05, 4.69) is 5.32 Å². The van der Waals surface area contributed by atoms with Gasteiger partial charge in [-0.3, -0.25) is 14.5 Å². The molecule has 0 atom stereocenters. The predicted molar refractivity (Wildman–Crippen MR) is 111 cm³/mol. The van der Waals surface area contributed by atoms with Crippen LogP contribution in [0.5, 0.6) is 5.75 Å². The molecule has 0 aliphatic carbocycles. The fourth-order valence-corrected chi connectivity index (χ4v) is 4.07. The van der Waals surface area contributed by atoms with Gasteiger partial charge in [0.15, 0.2) is 0 Å². The molecule has 162 valence electrons. The molecule has 1 spiro atoms. The van der Waals surface area contributed by atoms with Gasteiger partial charge in [0, 0.05) is 18.7 Å². The fraction of sp³-hybridized carbons (Fsp3) is 0.348. The molecule has 4 rings (SSSR count). The minimum Gasteiger partial charge on any atom is -0.494 e. The van der Waals surface area contributed by atoms with Crippen molar-refractivity contribution >= 4 is 17.8 Å². The summed E-state index contributed by atoms with van der Waals surface area (Å²) >= 11 is 0. The summed E-state index contributed by atoms with van der Waals surface area (Å²) in [4.78, 5) is 41.2. The summed E-state index contributed by atoms with van der Waals surface area (Å²) in [5.41, 5.74) is 0.233. The van der Waals surface area contributed by atoms with Crippen molar-refractivity contribution in [1.29, 1.82) is 0 Å². The monoisotopic (exact) mass is 425 g/mol. The second-order valence-electron chi connectivity index (χ2n) is 7.78. The summed E-state index contributed by atoms with van der Waals surface area (Å²) in [5.74, 6) is -0.0769. The normalized spacial score (nSPS) is 17.7. The van der Waals surface area contributed by atoms with Crippen LogP contribution in [0.2, 0.25) is 0 Å². The second-order valence-corrected chi connectivity index (χ2v) is 7.78. The third-order valence-corrected chi connectivity index (χ3v) is 5.82. The van der Waals surface area contributed by atoms with Crippen molar-refractivity contribution in [2.24, 2.45) is 0 Å². The quantitative estimate of drug-likeness (QED) is 0.747. The number of hydrogen-bond donors (Lipinski definition) is 1. The number of halogens is 1. The lowest BCUT2D eigenvalue weighted by Gasteiger charge is -2.37. The highest BCUT2D eigenvalue weighted by molar-refractivity contribution is 6.07. The average molecular weight is 425 g/mol. The van der Waals surface area contributed by atoms with Crippen LogP contribution in [0.25, 0.3) is 0 Å². The Labute approximate surface area is 179 Å². The van der Waals surface area contributed by atoms with E-state index < -0.39 is 11.6 Å². The van der Waals surface area contributed by atoms with Crippen LogP contribution in [0.3, 0.4) is 0 Å². The van der Waals surface area contributed by atoms with Crippen molar-refractivity contribution in [1.82, 2.24) is 15.1 Å². The second kappa shape index (κ2) is 8.37. The maximum Gasteiger partial charge on any atom is 0.325 e. The molecule has 8 heteroatoms. The zero-order valence-electron chi connectivity index (χ0n) is 17.3. The van der Waals surface area contributed by atoms with Gasteiger partial charge in [0.2, 0.25) is 0 Å². The van der Waals surface area contributed by atoms with Crippen molar-refractivity contribution in [3.8, 4) is 5.75 Å². The molecule has 0 aromatic heterocycles. The zero-order valence-corrected chi connectivity index (χ0v) is 17.3. The van der Waals surface area contributed by atoms with Gasteiger partial charge in [0.25, 0.3) is 11.8 Å². The van der Waals surface area contributed by atoms with Crippen LogP contribution in [-0.4, -0.2) is 52.9 Å². The summed E-state index contributed by atoms with van der Waals surface area (Å²) in [6, 6.07) is 12.2. The van der Waals surface area contributed by atoms with Gasteiger partial charge < -0.3 is 15.0 Å². The van der Waals surface area contributed by atoms with E-state index in [1.165, 1.54) is 12.1 Å². The smallest absolute Gasteiger partial charge is 0.325 e. The Balaban J connectivity index is 1.40. The summed E-state index contributed by atoms with van der Waals surface area (Å²) in [5, 5.41) is 2.83. The van der Waals surface area contributed by atoms with E-state index in [-0.39, 0.29) is 24.2 Å². The number of nitrogens with zero attached hydrogens (tertiary/aromatic N) is 2. The maximum absolute atomic E-state index is 13.1. The molecule has 2 aliphatic rings. The number of carbonyl (C=O) groups is 3. The molecule has 7 nitrogen and oxygen atoms in total. The molecule has 1 N–H and O–H groups in total. The Bertz CT molecular complexity index is 983. The number of ether oxygens (including phenoxy) is 1. The van der Waals surface area contributed by atoms with Crippen LogP contribution in [0.4, 0.5) is 9.18 Å². The standard InChI is InChI=1S/C23H24FN3O4/c1-2-31-19-9-5-17(6-10-19)20(28)26-13-11-23(12-14-26)21(29)27(22(30)25-23)15-16-3-7-18(24)8-4-16/h3-10H,2,11-15H2,1H3,(H,25,30). The van der Waals surface area contributed by atoms with E-state index >= 15 is 0 Å². The first-order chi connectivity index (χ1) is 14.9. The Morgan fingerprint density at radius 3 is 2.32 bits per heavy atom. The lowest BCUT2D eigenvalue weighted by atomic mass is 9.87. The van der Waals surface area contributed by atoms with Crippen LogP contribution in [0.15, 0.2) is 48.5 Å². The van der Waals surface area contributed by atoms with Crippen LogP contribution in [-0.2, 0) is 11.3 Å².